The highest BCUT2D eigenvalue weighted by Crippen LogP contribution is 2.33. The van der Waals surface area contributed by atoms with Crippen LogP contribution in [-0.4, -0.2) is 12.1 Å². The molecule has 0 aliphatic rings. The lowest BCUT2D eigenvalue weighted by Gasteiger charge is -2.12. The summed E-state index contributed by atoms with van der Waals surface area (Å²) in [6, 6.07) is 5.22. The quantitative estimate of drug-likeness (QED) is 0.808. The average Bonchev–Trinajstić information content (AvgIpc) is 2.15. The fourth-order valence-electron chi connectivity index (χ4n) is 1.11. The minimum atomic E-state index is -4.56. The van der Waals surface area contributed by atoms with Crippen LogP contribution >= 0.6 is 0 Å². The Morgan fingerprint density at radius 3 is 2.07 bits per heavy atom. The zero-order valence-electron chi connectivity index (χ0n) is 7.64. The summed E-state index contributed by atoms with van der Waals surface area (Å²) in [5, 5.41) is 0. The monoisotopic (exact) mass is 215 g/mol. The van der Waals surface area contributed by atoms with Gasteiger partial charge in [-0.15, -0.1) is 0 Å². The first-order valence-electron chi connectivity index (χ1n) is 3.99. The van der Waals surface area contributed by atoms with Crippen molar-refractivity contribution in [2.75, 3.05) is 0 Å². The minimum Gasteiger partial charge on any atom is -0.366 e. The van der Waals surface area contributed by atoms with Crippen molar-refractivity contribution in [1.82, 2.24) is 0 Å². The maximum absolute atomic E-state index is 12.3. The Hall–Kier alpha value is -1.78. The second-order valence-corrected chi connectivity index (χ2v) is 2.89. The minimum absolute atomic E-state index is 0.181. The molecule has 0 aromatic heterocycles. The Morgan fingerprint density at radius 1 is 1.20 bits per heavy atom. The van der Waals surface area contributed by atoms with Crippen LogP contribution in [0.2, 0.25) is 0 Å². The third-order valence-electron chi connectivity index (χ3n) is 1.86. The topological polar surface area (TPSA) is 43.1 Å². The molecule has 0 fully saturated rings. The summed E-state index contributed by atoms with van der Waals surface area (Å²) in [6.07, 6.45) is -4.56. The van der Waals surface area contributed by atoms with Gasteiger partial charge in [0.2, 0.25) is 5.91 Å². The van der Waals surface area contributed by atoms with E-state index >= 15 is 0 Å². The van der Waals surface area contributed by atoms with Gasteiger partial charge in [0.25, 0.3) is 0 Å². The van der Waals surface area contributed by atoms with E-state index in [9.17, 15) is 18.0 Å². The van der Waals surface area contributed by atoms with Gasteiger partial charge in [0, 0.05) is 5.56 Å². The first kappa shape index (κ1) is 11.3. The Kier molecular flexibility index (Phi) is 2.83. The number of carbonyl (C=O) groups excluding carboxylic acids is 1. The fourth-order valence-corrected chi connectivity index (χ4v) is 1.11. The van der Waals surface area contributed by atoms with Gasteiger partial charge in [-0.05, 0) is 11.6 Å². The highest BCUT2D eigenvalue weighted by atomic mass is 19.4. The van der Waals surface area contributed by atoms with Gasteiger partial charge in [0.05, 0.1) is 5.57 Å². The molecule has 0 saturated heterocycles. The number of carbonyl (C=O) groups is 1. The molecule has 0 atom stereocenters. The number of nitrogens with two attached hydrogens (primary N) is 1. The van der Waals surface area contributed by atoms with Gasteiger partial charge in [-0.3, -0.25) is 4.79 Å². The Morgan fingerprint density at radius 2 is 1.67 bits per heavy atom. The summed E-state index contributed by atoms with van der Waals surface area (Å²) in [4.78, 5) is 10.9. The van der Waals surface area contributed by atoms with E-state index in [2.05, 4.69) is 6.58 Å². The maximum Gasteiger partial charge on any atom is 0.416 e. The lowest BCUT2D eigenvalue weighted by Crippen LogP contribution is -2.17. The molecule has 2 nitrogen and oxygen atoms in total. The van der Waals surface area contributed by atoms with Gasteiger partial charge in [0.15, 0.2) is 0 Å². The van der Waals surface area contributed by atoms with Crippen LogP contribution < -0.4 is 5.73 Å². The molecule has 0 heterocycles. The van der Waals surface area contributed by atoms with Crippen LogP contribution in [0.3, 0.4) is 0 Å². The molecule has 0 spiro atoms. The molecular weight excluding hydrogens is 207 g/mol. The van der Waals surface area contributed by atoms with Gasteiger partial charge < -0.3 is 5.73 Å². The van der Waals surface area contributed by atoms with Crippen LogP contribution in [0.5, 0.6) is 0 Å². The second kappa shape index (κ2) is 3.76. The Bertz CT molecular complexity index is 409. The van der Waals surface area contributed by atoms with Gasteiger partial charge in [-0.1, -0.05) is 24.8 Å². The number of hydrogen-bond acceptors (Lipinski definition) is 1. The van der Waals surface area contributed by atoms with Crippen LogP contribution in [-0.2, 0) is 0 Å². The third kappa shape index (κ3) is 2.37. The van der Waals surface area contributed by atoms with E-state index in [0.717, 1.165) is 6.07 Å². The predicted molar refractivity (Wildman–Crippen MR) is 50.0 cm³/mol. The molecule has 5 heteroatoms. The van der Waals surface area contributed by atoms with Gasteiger partial charge in [-0.25, -0.2) is 0 Å². The number of primary amides is 1. The predicted octanol–water partition coefficient (Wildman–Crippen LogP) is 2.36. The van der Waals surface area contributed by atoms with E-state index in [4.69, 9.17) is 5.73 Å². The van der Waals surface area contributed by atoms with Crippen molar-refractivity contribution in [3.05, 3.63) is 42.0 Å². The van der Waals surface area contributed by atoms with E-state index in [1.54, 1.807) is 0 Å². The fraction of sp³-hybridized carbons (Fsp3) is 0.100. The van der Waals surface area contributed by atoms with Gasteiger partial charge in [-0.2, -0.15) is 13.2 Å². The van der Waals surface area contributed by atoms with E-state index in [0.29, 0.717) is 0 Å². The van der Waals surface area contributed by atoms with E-state index in [1.165, 1.54) is 18.2 Å². The van der Waals surface area contributed by atoms with Crippen LogP contribution in [0.15, 0.2) is 30.8 Å². The number of benzene rings is 1. The second-order valence-electron chi connectivity index (χ2n) is 2.89. The lowest BCUT2D eigenvalue weighted by atomic mass is 10.0. The first-order valence-corrected chi connectivity index (χ1v) is 3.99. The molecular formula is C10H8F3NO. The number of hydrogen-bond donors (Lipinski definition) is 1. The molecule has 15 heavy (non-hydrogen) atoms. The van der Waals surface area contributed by atoms with Gasteiger partial charge in [0.1, 0.15) is 0 Å². The lowest BCUT2D eigenvalue weighted by molar-refractivity contribution is -0.0686. The summed E-state index contributed by atoms with van der Waals surface area (Å²) in [6.45, 7) is 2.91. The summed E-state index contributed by atoms with van der Waals surface area (Å²) < 4.78 is 37.0. The van der Waals surface area contributed by atoms with Crippen molar-refractivity contribution in [2.45, 2.75) is 6.18 Å². The molecule has 0 saturated carbocycles. The van der Waals surface area contributed by atoms with E-state index < -0.39 is 17.7 Å². The van der Waals surface area contributed by atoms with Crippen LogP contribution in [0, 0.1) is 0 Å². The SMILES string of the molecule is C=C(c1ccccc1C(N)=O)C(F)(F)F. The van der Waals surface area contributed by atoms with Crippen molar-refractivity contribution >= 4 is 11.5 Å². The summed E-state index contributed by atoms with van der Waals surface area (Å²) >= 11 is 0. The summed E-state index contributed by atoms with van der Waals surface area (Å²) in [7, 11) is 0. The van der Waals surface area contributed by atoms with E-state index in [1.807, 2.05) is 0 Å². The molecule has 0 unspecified atom stereocenters. The maximum atomic E-state index is 12.3. The molecule has 2 N–H and O–H groups in total. The summed E-state index contributed by atoms with van der Waals surface area (Å²) in [5.74, 6) is -0.906. The molecule has 1 rings (SSSR count). The van der Waals surface area contributed by atoms with E-state index in [-0.39, 0.29) is 11.1 Å². The largest absolute Gasteiger partial charge is 0.416 e. The first-order chi connectivity index (χ1) is 6.84. The Balaban J connectivity index is 3.26. The highest BCUT2D eigenvalue weighted by molar-refractivity contribution is 5.98. The number of rotatable bonds is 2. The molecule has 0 aliphatic carbocycles. The molecule has 0 aliphatic heterocycles. The molecule has 0 radical (unpaired) electrons. The number of amides is 1. The van der Waals surface area contributed by atoms with Crippen LogP contribution in [0.1, 0.15) is 15.9 Å². The van der Waals surface area contributed by atoms with Crippen molar-refractivity contribution in [3.8, 4) is 0 Å². The van der Waals surface area contributed by atoms with Crippen LogP contribution in [0.4, 0.5) is 13.2 Å². The smallest absolute Gasteiger partial charge is 0.366 e. The van der Waals surface area contributed by atoms with Gasteiger partial charge >= 0.3 is 6.18 Å². The third-order valence-corrected chi connectivity index (χ3v) is 1.86. The Labute approximate surface area is 84.2 Å². The standard InChI is InChI=1S/C10H8F3NO/c1-6(10(11,12)13)7-4-2-3-5-8(7)9(14)15/h2-5H,1H2,(H2,14,15). The molecule has 1 aromatic rings. The van der Waals surface area contributed by atoms with Crippen molar-refractivity contribution < 1.29 is 18.0 Å². The van der Waals surface area contributed by atoms with Crippen molar-refractivity contribution in [2.24, 2.45) is 5.73 Å². The normalized spacial score (nSPS) is 11.1. The number of halogens is 3. The average molecular weight is 215 g/mol. The zero-order chi connectivity index (χ0) is 11.6. The molecule has 0 bridgehead atoms. The molecule has 1 aromatic carbocycles. The van der Waals surface area contributed by atoms with Crippen LogP contribution in [0.25, 0.3) is 5.57 Å². The molecule has 80 valence electrons. The number of alkyl halides is 3. The van der Waals surface area contributed by atoms with Crippen molar-refractivity contribution in [1.29, 1.82) is 0 Å². The summed E-state index contributed by atoms with van der Waals surface area (Å²) in [5.41, 5.74) is 3.42. The van der Waals surface area contributed by atoms with Crippen molar-refractivity contribution in [3.63, 3.8) is 0 Å². The molecule has 1 amide bonds. The number of allylic oxidation sites excluding steroid dienone is 1. The zero-order valence-corrected chi connectivity index (χ0v) is 7.64. The highest BCUT2D eigenvalue weighted by Gasteiger charge is 2.34.